The molecule has 1 atom stereocenters. The van der Waals surface area contributed by atoms with Crippen LogP contribution < -0.4 is 18.9 Å². The van der Waals surface area contributed by atoms with Crippen LogP contribution in [0.15, 0.2) is 36.4 Å². The number of carbonyl (C=O) groups excluding carboxylic acids is 2. The second-order valence-electron chi connectivity index (χ2n) is 5.82. The van der Waals surface area contributed by atoms with Crippen LogP contribution in [0.25, 0.3) is 0 Å². The van der Waals surface area contributed by atoms with E-state index in [-0.39, 0.29) is 24.5 Å². The Morgan fingerprint density at radius 3 is 2.59 bits per heavy atom. The molecule has 27 heavy (non-hydrogen) atoms. The molecule has 1 aliphatic rings. The van der Waals surface area contributed by atoms with Crippen molar-refractivity contribution in [2.24, 2.45) is 0 Å². The third kappa shape index (κ3) is 3.70. The van der Waals surface area contributed by atoms with Gasteiger partial charge >= 0.3 is 0 Å². The SMILES string of the molecule is COc1ccc(C(=O)C(=O)CC(C#N)c2ccc3c(c2)OCO3)c(OC)c1. The summed E-state index contributed by atoms with van der Waals surface area (Å²) in [6, 6.07) is 11.7. The summed E-state index contributed by atoms with van der Waals surface area (Å²) in [5, 5.41) is 9.47. The van der Waals surface area contributed by atoms with E-state index in [0.29, 0.717) is 22.8 Å². The second-order valence-corrected chi connectivity index (χ2v) is 5.82. The quantitative estimate of drug-likeness (QED) is 0.548. The molecule has 0 saturated heterocycles. The number of methoxy groups -OCH3 is 2. The lowest BCUT2D eigenvalue weighted by Gasteiger charge is -2.11. The van der Waals surface area contributed by atoms with Gasteiger partial charge in [0, 0.05) is 12.5 Å². The first-order valence-corrected chi connectivity index (χ1v) is 8.16. The summed E-state index contributed by atoms with van der Waals surface area (Å²) in [7, 11) is 2.89. The Balaban J connectivity index is 1.79. The predicted octanol–water partition coefficient (Wildman–Crippen LogP) is 2.88. The minimum absolute atomic E-state index is 0.116. The van der Waals surface area contributed by atoms with Gasteiger partial charge in [0.15, 0.2) is 11.5 Å². The third-order valence-corrected chi connectivity index (χ3v) is 4.25. The van der Waals surface area contributed by atoms with Gasteiger partial charge < -0.3 is 18.9 Å². The molecule has 1 heterocycles. The van der Waals surface area contributed by atoms with Crippen LogP contribution in [0.2, 0.25) is 0 Å². The number of ether oxygens (including phenoxy) is 4. The van der Waals surface area contributed by atoms with Gasteiger partial charge in [0.05, 0.1) is 31.8 Å². The van der Waals surface area contributed by atoms with Crippen molar-refractivity contribution in [2.45, 2.75) is 12.3 Å². The highest BCUT2D eigenvalue weighted by molar-refractivity contribution is 6.44. The molecule has 0 fully saturated rings. The van der Waals surface area contributed by atoms with E-state index in [9.17, 15) is 14.9 Å². The number of fused-ring (bicyclic) bond motifs is 1. The summed E-state index contributed by atoms with van der Waals surface area (Å²) < 4.78 is 20.8. The van der Waals surface area contributed by atoms with E-state index in [0.717, 1.165) is 0 Å². The molecule has 0 radical (unpaired) electrons. The smallest absolute Gasteiger partial charge is 0.232 e. The molecule has 0 spiro atoms. The summed E-state index contributed by atoms with van der Waals surface area (Å²) in [6.45, 7) is 0.116. The zero-order chi connectivity index (χ0) is 19.4. The number of nitriles is 1. The van der Waals surface area contributed by atoms with Gasteiger partial charge in [0.1, 0.15) is 11.5 Å². The van der Waals surface area contributed by atoms with Crippen LogP contribution in [0.1, 0.15) is 28.3 Å². The van der Waals surface area contributed by atoms with Crippen molar-refractivity contribution in [3.63, 3.8) is 0 Å². The van der Waals surface area contributed by atoms with Crippen LogP contribution >= 0.6 is 0 Å². The highest BCUT2D eigenvalue weighted by Crippen LogP contribution is 2.35. The van der Waals surface area contributed by atoms with E-state index < -0.39 is 17.5 Å². The molecule has 2 aromatic carbocycles. The lowest BCUT2D eigenvalue weighted by molar-refractivity contribution is -0.115. The van der Waals surface area contributed by atoms with E-state index >= 15 is 0 Å². The van der Waals surface area contributed by atoms with Crippen LogP contribution in [0.5, 0.6) is 23.0 Å². The van der Waals surface area contributed by atoms with Crippen LogP contribution in [0, 0.1) is 11.3 Å². The summed E-state index contributed by atoms with van der Waals surface area (Å²) in [6.07, 6.45) is -0.246. The molecule has 0 aromatic heterocycles. The number of hydrogen-bond acceptors (Lipinski definition) is 7. The van der Waals surface area contributed by atoms with Gasteiger partial charge in [0.25, 0.3) is 0 Å². The van der Waals surface area contributed by atoms with Gasteiger partial charge in [-0.3, -0.25) is 9.59 Å². The molecule has 1 aliphatic heterocycles. The standard InChI is InChI=1S/C20H17NO6/c1-24-14-4-5-15(18(9-14)25-2)20(23)16(22)7-13(10-21)12-3-6-17-19(8-12)27-11-26-17/h3-6,8-9,13H,7,11H2,1-2H3. The van der Waals surface area contributed by atoms with Gasteiger partial charge in [-0.2, -0.15) is 5.26 Å². The molecule has 0 N–H and O–H groups in total. The maximum Gasteiger partial charge on any atom is 0.232 e. The molecule has 7 nitrogen and oxygen atoms in total. The number of hydrogen-bond donors (Lipinski definition) is 0. The molecule has 0 aliphatic carbocycles. The number of benzene rings is 2. The Hall–Kier alpha value is -3.53. The van der Waals surface area contributed by atoms with E-state index in [1.54, 1.807) is 24.3 Å². The zero-order valence-corrected chi connectivity index (χ0v) is 14.9. The summed E-state index contributed by atoms with van der Waals surface area (Å²) >= 11 is 0. The molecule has 3 rings (SSSR count). The molecular formula is C20H17NO6. The number of Topliss-reactive ketones (excluding diaryl/α,β-unsaturated/α-hetero) is 2. The summed E-state index contributed by atoms with van der Waals surface area (Å²) in [4.78, 5) is 25.1. The fraction of sp³-hybridized carbons (Fsp3) is 0.250. The highest BCUT2D eigenvalue weighted by Gasteiger charge is 2.26. The zero-order valence-electron chi connectivity index (χ0n) is 14.9. The van der Waals surface area contributed by atoms with Gasteiger partial charge in [-0.1, -0.05) is 6.07 Å². The van der Waals surface area contributed by atoms with Crippen molar-refractivity contribution in [3.05, 3.63) is 47.5 Å². The highest BCUT2D eigenvalue weighted by atomic mass is 16.7. The molecule has 2 aromatic rings. The largest absolute Gasteiger partial charge is 0.497 e. The summed E-state index contributed by atoms with van der Waals surface area (Å²) in [5.41, 5.74) is 0.718. The normalized spacial score (nSPS) is 12.8. The first kappa shape index (κ1) is 18.3. The number of ketones is 2. The maximum atomic E-state index is 12.6. The minimum Gasteiger partial charge on any atom is -0.497 e. The van der Waals surface area contributed by atoms with E-state index in [1.807, 2.05) is 0 Å². The number of carbonyl (C=O) groups is 2. The van der Waals surface area contributed by atoms with Gasteiger partial charge in [-0.05, 0) is 29.8 Å². The van der Waals surface area contributed by atoms with Gasteiger partial charge in [-0.15, -0.1) is 0 Å². The Bertz CT molecular complexity index is 931. The molecule has 7 heteroatoms. The van der Waals surface area contributed by atoms with Crippen molar-refractivity contribution in [1.82, 2.24) is 0 Å². The van der Waals surface area contributed by atoms with Crippen molar-refractivity contribution in [1.29, 1.82) is 5.26 Å². The fourth-order valence-corrected chi connectivity index (χ4v) is 2.78. The van der Waals surface area contributed by atoms with Crippen molar-refractivity contribution in [2.75, 3.05) is 21.0 Å². The van der Waals surface area contributed by atoms with E-state index in [2.05, 4.69) is 6.07 Å². The van der Waals surface area contributed by atoms with Gasteiger partial charge in [-0.25, -0.2) is 0 Å². The van der Waals surface area contributed by atoms with Crippen LogP contribution in [-0.2, 0) is 4.79 Å². The first-order chi connectivity index (χ1) is 13.1. The third-order valence-electron chi connectivity index (χ3n) is 4.25. The lowest BCUT2D eigenvalue weighted by Crippen LogP contribution is -2.18. The number of nitrogens with zero attached hydrogens (tertiary/aromatic N) is 1. The van der Waals surface area contributed by atoms with Crippen LogP contribution in [0.3, 0.4) is 0 Å². The van der Waals surface area contributed by atoms with E-state index in [4.69, 9.17) is 18.9 Å². The monoisotopic (exact) mass is 367 g/mol. The molecule has 138 valence electrons. The van der Waals surface area contributed by atoms with Crippen molar-refractivity contribution >= 4 is 11.6 Å². The van der Waals surface area contributed by atoms with Crippen molar-refractivity contribution in [3.8, 4) is 29.1 Å². The first-order valence-electron chi connectivity index (χ1n) is 8.16. The van der Waals surface area contributed by atoms with E-state index in [1.165, 1.54) is 26.4 Å². The summed E-state index contributed by atoms with van der Waals surface area (Å²) in [5.74, 6) is -0.321. The fourth-order valence-electron chi connectivity index (χ4n) is 2.78. The number of rotatable bonds is 7. The second kappa shape index (κ2) is 7.79. The Morgan fingerprint density at radius 1 is 1.11 bits per heavy atom. The Kier molecular flexibility index (Phi) is 5.27. The van der Waals surface area contributed by atoms with Crippen molar-refractivity contribution < 1.29 is 28.5 Å². The lowest BCUT2D eigenvalue weighted by atomic mass is 9.92. The minimum atomic E-state index is -0.778. The molecule has 1 unspecified atom stereocenters. The predicted molar refractivity (Wildman–Crippen MR) is 94.4 cm³/mol. The maximum absolute atomic E-state index is 12.6. The molecule has 0 saturated carbocycles. The van der Waals surface area contributed by atoms with Crippen LogP contribution in [-0.4, -0.2) is 32.6 Å². The average molecular weight is 367 g/mol. The Labute approximate surface area is 156 Å². The average Bonchev–Trinajstić information content (AvgIpc) is 3.18. The topological polar surface area (TPSA) is 94.9 Å². The molecule has 0 amide bonds. The van der Waals surface area contributed by atoms with Gasteiger partial charge in [0.2, 0.25) is 18.4 Å². The Morgan fingerprint density at radius 2 is 1.89 bits per heavy atom. The van der Waals surface area contributed by atoms with Crippen LogP contribution in [0.4, 0.5) is 0 Å². The molecule has 0 bridgehead atoms. The molecular weight excluding hydrogens is 350 g/mol.